The molecule has 0 aromatic carbocycles. The van der Waals surface area contributed by atoms with Gasteiger partial charge in [0, 0.05) is 69.3 Å². The van der Waals surface area contributed by atoms with Crippen molar-refractivity contribution in [3.63, 3.8) is 0 Å². The first-order valence-corrected chi connectivity index (χ1v) is 11.0. The number of carbonyl (C=O) groups is 1. The SMILES string of the molecule is CCN1CCN(CCCNC(=O)CCc2nn(C(C)C)c3c2COCC3)CC1. The van der Waals surface area contributed by atoms with E-state index in [0.717, 1.165) is 57.9 Å². The highest BCUT2D eigenvalue weighted by Crippen LogP contribution is 2.24. The summed E-state index contributed by atoms with van der Waals surface area (Å²) < 4.78 is 7.74. The molecular weight excluding hydrogens is 354 g/mol. The van der Waals surface area contributed by atoms with E-state index < -0.39 is 0 Å². The quantitative estimate of drug-likeness (QED) is 0.648. The van der Waals surface area contributed by atoms with Gasteiger partial charge in [-0.2, -0.15) is 5.10 Å². The Morgan fingerprint density at radius 2 is 1.96 bits per heavy atom. The van der Waals surface area contributed by atoms with Gasteiger partial charge in [0.25, 0.3) is 0 Å². The molecule has 0 saturated carbocycles. The second kappa shape index (κ2) is 10.4. The zero-order chi connectivity index (χ0) is 19.9. The van der Waals surface area contributed by atoms with Gasteiger partial charge in [0.2, 0.25) is 5.91 Å². The monoisotopic (exact) mass is 391 g/mol. The maximum atomic E-state index is 12.3. The molecule has 3 heterocycles. The maximum absolute atomic E-state index is 12.3. The molecule has 0 unspecified atom stereocenters. The van der Waals surface area contributed by atoms with Crippen molar-refractivity contribution in [2.24, 2.45) is 0 Å². The van der Waals surface area contributed by atoms with Gasteiger partial charge < -0.3 is 19.9 Å². The molecule has 1 N–H and O–H groups in total. The molecule has 0 bridgehead atoms. The van der Waals surface area contributed by atoms with Crippen LogP contribution in [0.2, 0.25) is 0 Å². The number of likely N-dealkylation sites (N-methyl/N-ethyl adjacent to an activating group) is 1. The van der Waals surface area contributed by atoms with Gasteiger partial charge in [-0.1, -0.05) is 6.92 Å². The smallest absolute Gasteiger partial charge is 0.220 e. The third kappa shape index (κ3) is 5.55. The Balaban J connectivity index is 1.37. The van der Waals surface area contributed by atoms with Gasteiger partial charge in [-0.15, -0.1) is 0 Å². The van der Waals surface area contributed by atoms with Gasteiger partial charge in [0.05, 0.1) is 18.9 Å². The minimum absolute atomic E-state index is 0.125. The van der Waals surface area contributed by atoms with Crippen LogP contribution in [0, 0.1) is 0 Å². The average Bonchev–Trinajstić information content (AvgIpc) is 3.09. The van der Waals surface area contributed by atoms with Crippen LogP contribution in [0.15, 0.2) is 0 Å². The summed E-state index contributed by atoms with van der Waals surface area (Å²) in [5.41, 5.74) is 3.53. The lowest BCUT2D eigenvalue weighted by Gasteiger charge is -2.33. The minimum atomic E-state index is 0.125. The Morgan fingerprint density at radius 3 is 2.68 bits per heavy atom. The number of hydrogen-bond donors (Lipinski definition) is 1. The summed E-state index contributed by atoms with van der Waals surface area (Å²) in [7, 11) is 0. The zero-order valence-electron chi connectivity index (χ0n) is 17.9. The average molecular weight is 392 g/mol. The molecule has 0 radical (unpaired) electrons. The van der Waals surface area contributed by atoms with Crippen LogP contribution in [0.3, 0.4) is 0 Å². The number of ether oxygens (including phenoxy) is 1. The molecule has 1 saturated heterocycles. The predicted molar refractivity (Wildman–Crippen MR) is 110 cm³/mol. The molecule has 1 amide bonds. The van der Waals surface area contributed by atoms with Crippen LogP contribution in [-0.2, 0) is 29.0 Å². The molecule has 1 fully saturated rings. The Morgan fingerprint density at radius 1 is 1.21 bits per heavy atom. The molecule has 2 aliphatic rings. The van der Waals surface area contributed by atoms with Crippen molar-refractivity contribution in [2.45, 2.75) is 59.1 Å². The second-order valence-electron chi connectivity index (χ2n) is 8.19. The minimum Gasteiger partial charge on any atom is -0.376 e. The highest BCUT2D eigenvalue weighted by Gasteiger charge is 2.22. The zero-order valence-corrected chi connectivity index (χ0v) is 17.9. The predicted octanol–water partition coefficient (Wildman–Crippen LogP) is 1.61. The number of nitrogens with zero attached hydrogens (tertiary/aromatic N) is 4. The molecule has 7 heteroatoms. The fourth-order valence-corrected chi connectivity index (χ4v) is 4.14. The van der Waals surface area contributed by atoms with E-state index in [1.165, 1.54) is 24.3 Å². The highest BCUT2D eigenvalue weighted by molar-refractivity contribution is 5.76. The number of rotatable bonds is 9. The number of aromatic nitrogens is 2. The summed E-state index contributed by atoms with van der Waals surface area (Å²) >= 11 is 0. The van der Waals surface area contributed by atoms with Crippen LogP contribution in [0.5, 0.6) is 0 Å². The molecule has 1 aromatic rings. The molecule has 28 heavy (non-hydrogen) atoms. The summed E-state index contributed by atoms with van der Waals surface area (Å²) in [4.78, 5) is 17.3. The first-order chi connectivity index (χ1) is 13.6. The van der Waals surface area contributed by atoms with E-state index in [1.807, 2.05) is 0 Å². The third-order valence-corrected chi connectivity index (χ3v) is 5.89. The molecular formula is C21H37N5O2. The molecule has 3 rings (SSSR count). The van der Waals surface area contributed by atoms with E-state index in [-0.39, 0.29) is 5.91 Å². The van der Waals surface area contributed by atoms with Crippen molar-refractivity contribution < 1.29 is 9.53 Å². The third-order valence-electron chi connectivity index (χ3n) is 5.89. The summed E-state index contributed by atoms with van der Waals surface area (Å²) in [5, 5.41) is 7.86. The van der Waals surface area contributed by atoms with Gasteiger partial charge in [-0.05, 0) is 33.4 Å². The fourth-order valence-electron chi connectivity index (χ4n) is 4.14. The van der Waals surface area contributed by atoms with Crippen LogP contribution in [0.1, 0.15) is 56.6 Å². The molecule has 158 valence electrons. The van der Waals surface area contributed by atoms with E-state index in [4.69, 9.17) is 9.84 Å². The van der Waals surface area contributed by atoms with Crippen LogP contribution in [0.25, 0.3) is 0 Å². The number of piperazine rings is 1. The van der Waals surface area contributed by atoms with Gasteiger partial charge in [0.1, 0.15) is 0 Å². The molecule has 2 aliphatic heterocycles. The van der Waals surface area contributed by atoms with Gasteiger partial charge >= 0.3 is 0 Å². The van der Waals surface area contributed by atoms with Crippen molar-refractivity contribution in [1.82, 2.24) is 24.9 Å². The summed E-state index contributed by atoms with van der Waals surface area (Å²) in [5.74, 6) is 0.125. The summed E-state index contributed by atoms with van der Waals surface area (Å²) in [6.45, 7) is 15.5. The topological polar surface area (TPSA) is 62.6 Å². The maximum Gasteiger partial charge on any atom is 0.220 e. The molecule has 0 aliphatic carbocycles. The van der Waals surface area contributed by atoms with Gasteiger partial charge in [-0.3, -0.25) is 9.48 Å². The van der Waals surface area contributed by atoms with E-state index in [9.17, 15) is 4.79 Å². The number of fused-ring (bicyclic) bond motifs is 1. The number of aryl methyl sites for hydroxylation is 1. The van der Waals surface area contributed by atoms with E-state index in [0.29, 0.717) is 25.5 Å². The number of amides is 1. The Kier molecular flexibility index (Phi) is 7.88. The van der Waals surface area contributed by atoms with Crippen molar-refractivity contribution >= 4 is 5.91 Å². The Bertz CT molecular complexity index is 635. The van der Waals surface area contributed by atoms with Crippen LogP contribution in [0.4, 0.5) is 0 Å². The first kappa shape index (κ1) is 21.3. The summed E-state index contributed by atoms with van der Waals surface area (Å²) in [6, 6.07) is 0.341. The molecule has 0 atom stereocenters. The van der Waals surface area contributed by atoms with E-state index in [2.05, 4.69) is 40.6 Å². The first-order valence-electron chi connectivity index (χ1n) is 11.0. The second-order valence-corrected chi connectivity index (χ2v) is 8.19. The van der Waals surface area contributed by atoms with Crippen LogP contribution < -0.4 is 5.32 Å². The number of nitrogens with one attached hydrogen (secondary N) is 1. The van der Waals surface area contributed by atoms with Crippen LogP contribution in [-0.4, -0.2) is 77.9 Å². The Hall–Kier alpha value is -1.44. The van der Waals surface area contributed by atoms with Crippen molar-refractivity contribution in [3.05, 3.63) is 17.0 Å². The lowest BCUT2D eigenvalue weighted by molar-refractivity contribution is -0.121. The fraction of sp³-hybridized carbons (Fsp3) is 0.810. The lowest BCUT2D eigenvalue weighted by Crippen LogP contribution is -2.46. The van der Waals surface area contributed by atoms with E-state index >= 15 is 0 Å². The lowest BCUT2D eigenvalue weighted by atomic mass is 10.1. The van der Waals surface area contributed by atoms with Crippen LogP contribution >= 0.6 is 0 Å². The van der Waals surface area contributed by atoms with Crippen molar-refractivity contribution in [3.8, 4) is 0 Å². The number of hydrogen-bond acceptors (Lipinski definition) is 5. The standard InChI is InChI=1S/C21H37N5O2/c1-4-24-11-13-25(14-12-24)10-5-9-22-21(27)7-6-19-18-16-28-15-8-20(18)26(23-19)17(2)3/h17H,4-16H2,1-3H3,(H,22,27). The largest absolute Gasteiger partial charge is 0.376 e. The highest BCUT2D eigenvalue weighted by atomic mass is 16.5. The molecule has 7 nitrogen and oxygen atoms in total. The normalized spacial score (nSPS) is 18.4. The van der Waals surface area contributed by atoms with E-state index in [1.54, 1.807) is 0 Å². The Labute approximate surface area is 169 Å². The number of carbonyl (C=O) groups excluding carboxylic acids is 1. The molecule has 1 aromatic heterocycles. The van der Waals surface area contributed by atoms with Gasteiger partial charge in [-0.25, -0.2) is 0 Å². The van der Waals surface area contributed by atoms with Crippen molar-refractivity contribution in [2.75, 3.05) is 52.4 Å². The van der Waals surface area contributed by atoms with Gasteiger partial charge in [0.15, 0.2) is 0 Å². The van der Waals surface area contributed by atoms with Crippen molar-refractivity contribution in [1.29, 1.82) is 0 Å². The summed E-state index contributed by atoms with van der Waals surface area (Å²) in [6.07, 6.45) is 3.12. The molecule has 0 spiro atoms.